The molecule has 2 rings (SSSR count). The van der Waals surface area contributed by atoms with E-state index in [-0.39, 0.29) is 5.91 Å². The summed E-state index contributed by atoms with van der Waals surface area (Å²) < 4.78 is 0. The Morgan fingerprint density at radius 2 is 2.31 bits per heavy atom. The van der Waals surface area contributed by atoms with Crippen LogP contribution in [0.5, 0.6) is 0 Å². The molecule has 4 heteroatoms. The molecule has 16 heavy (non-hydrogen) atoms. The third-order valence-corrected chi connectivity index (χ3v) is 4.09. The average molecular weight is 238 g/mol. The van der Waals surface area contributed by atoms with Crippen LogP contribution in [0.2, 0.25) is 0 Å². The lowest BCUT2D eigenvalue weighted by Crippen LogP contribution is -2.35. The maximum Gasteiger partial charge on any atom is 0.261 e. The minimum atomic E-state index is 0.0889. The molecule has 2 heterocycles. The van der Waals surface area contributed by atoms with Crippen molar-refractivity contribution in [2.24, 2.45) is 5.92 Å². The molecule has 1 amide bonds. The van der Waals surface area contributed by atoms with Crippen LogP contribution in [-0.2, 0) is 0 Å². The zero-order chi connectivity index (χ0) is 11.4. The Hall–Kier alpha value is -0.870. The van der Waals surface area contributed by atoms with Gasteiger partial charge in [0.1, 0.15) is 0 Å². The molecule has 2 N–H and O–H groups in total. The van der Waals surface area contributed by atoms with E-state index in [0.29, 0.717) is 5.92 Å². The number of hydrogen-bond donors (Lipinski definition) is 2. The molecule has 0 aliphatic carbocycles. The van der Waals surface area contributed by atoms with Crippen LogP contribution in [0.4, 0.5) is 0 Å². The molecule has 0 radical (unpaired) electrons. The normalized spacial score (nSPS) is 17.3. The fraction of sp³-hybridized carbons (Fsp3) is 0.583. The van der Waals surface area contributed by atoms with Gasteiger partial charge in [0, 0.05) is 6.54 Å². The molecule has 1 aromatic rings. The molecule has 1 aliphatic rings. The van der Waals surface area contributed by atoms with Gasteiger partial charge in [-0.15, -0.1) is 11.3 Å². The summed E-state index contributed by atoms with van der Waals surface area (Å²) in [5.74, 6) is 0.733. The van der Waals surface area contributed by atoms with Gasteiger partial charge in [0.25, 0.3) is 5.91 Å². The second-order valence-electron chi connectivity index (χ2n) is 4.34. The highest BCUT2D eigenvalue weighted by atomic mass is 32.1. The minimum absolute atomic E-state index is 0.0889. The van der Waals surface area contributed by atoms with Crippen LogP contribution >= 0.6 is 11.3 Å². The largest absolute Gasteiger partial charge is 0.351 e. The lowest BCUT2D eigenvalue weighted by atomic mass is 9.98. The first-order valence-electron chi connectivity index (χ1n) is 5.80. The van der Waals surface area contributed by atoms with E-state index in [1.165, 1.54) is 24.2 Å². The van der Waals surface area contributed by atoms with Crippen LogP contribution < -0.4 is 10.6 Å². The number of piperidine rings is 1. The van der Waals surface area contributed by atoms with Crippen molar-refractivity contribution in [1.82, 2.24) is 10.6 Å². The van der Waals surface area contributed by atoms with Crippen LogP contribution in [0, 0.1) is 12.8 Å². The summed E-state index contributed by atoms with van der Waals surface area (Å²) in [7, 11) is 0. The van der Waals surface area contributed by atoms with E-state index in [4.69, 9.17) is 0 Å². The first kappa shape index (κ1) is 11.6. The van der Waals surface area contributed by atoms with Gasteiger partial charge in [0.2, 0.25) is 0 Å². The molecule has 3 nitrogen and oxygen atoms in total. The summed E-state index contributed by atoms with van der Waals surface area (Å²) in [6.07, 6.45) is 2.34. The zero-order valence-electron chi connectivity index (χ0n) is 9.58. The average Bonchev–Trinajstić information content (AvgIpc) is 2.74. The van der Waals surface area contributed by atoms with Crippen molar-refractivity contribution < 1.29 is 4.79 Å². The molecule has 0 aromatic carbocycles. The van der Waals surface area contributed by atoms with Crippen molar-refractivity contribution in [2.45, 2.75) is 19.8 Å². The molecule has 1 aliphatic heterocycles. The Morgan fingerprint density at radius 1 is 1.56 bits per heavy atom. The summed E-state index contributed by atoms with van der Waals surface area (Å²) in [5, 5.41) is 8.33. The Morgan fingerprint density at radius 3 is 2.94 bits per heavy atom. The first-order chi connectivity index (χ1) is 7.77. The van der Waals surface area contributed by atoms with Gasteiger partial charge in [-0.2, -0.15) is 0 Å². The van der Waals surface area contributed by atoms with E-state index < -0.39 is 0 Å². The smallest absolute Gasteiger partial charge is 0.261 e. The number of aryl methyl sites for hydroxylation is 1. The molecule has 1 aromatic heterocycles. The van der Waals surface area contributed by atoms with E-state index in [1.807, 2.05) is 18.4 Å². The molecular formula is C12H18N2OS. The van der Waals surface area contributed by atoms with Gasteiger partial charge >= 0.3 is 0 Å². The van der Waals surface area contributed by atoms with Crippen molar-refractivity contribution in [2.75, 3.05) is 19.6 Å². The molecule has 88 valence electrons. The highest BCUT2D eigenvalue weighted by Crippen LogP contribution is 2.16. The molecule has 1 saturated heterocycles. The van der Waals surface area contributed by atoms with Gasteiger partial charge in [-0.1, -0.05) is 0 Å². The number of nitrogens with one attached hydrogen (secondary N) is 2. The predicted molar refractivity (Wildman–Crippen MR) is 67.0 cm³/mol. The van der Waals surface area contributed by atoms with Gasteiger partial charge < -0.3 is 10.6 Å². The molecule has 0 atom stereocenters. The van der Waals surface area contributed by atoms with E-state index in [1.54, 1.807) is 0 Å². The summed E-state index contributed by atoms with van der Waals surface area (Å²) in [6, 6.07) is 1.99. The van der Waals surface area contributed by atoms with Crippen LogP contribution in [0.25, 0.3) is 0 Å². The molecule has 1 fully saturated rings. The van der Waals surface area contributed by atoms with Crippen LogP contribution in [-0.4, -0.2) is 25.5 Å². The summed E-state index contributed by atoms with van der Waals surface area (Å²) in [6.45, 7) is 4.96. The highest BCUT2D eigenvalue weighted by Gasteiger charge is 2.15. The quantitative estimate of drug-likeness (QED) is 0.843. The zero-order valence-corrected chi connectivity index (χ0v) is 10.4. The molecule has 0 saturated carbocycles. The van der Waals surface area contributed by atoms with E-state index in [9.17, 15) is 4.79 Å². The van der Waals surface area contributed by atoms with Gasteiger partial charge in [-0.3, -0.25) is 4.79 Å². The van der Waals surface area contributed by atoms with Crippen molar-refractivity contribution in [3.05, 3.63) is 21.9 Å². The topological polar surface area (TPSA) is 41.1 Å². The first-order valence-corrected chi connectivity index (χ1v) is 6.68. The van der Waals surface area contributed by atoms with E-state index >= 15 is 0 Å². The molecular weight excluding hydrogens is 220 g/mol. The van der Waals surface area contributed by atoms with Crippen molar-refractivity contribution >= 4 is 17.2 Å². The van der Waals surface area contributed by atoms with Crippen molar-refractivity contribution in [1.29, 1.82) is 0 Å². The van der Waals surface area contributed by atoms with Crippen LogP contribution in [0.1, 0.15) is 28.1 Å². The fourth-order valence-electron chi connectivity index (χ4n) is 2.01. The lowest BCUT2D eigenvalue weighted by Gasteiger charge is -2.22. The molecule has 0 spiro atoms. The lowest BCUT2D eigenvalue weighted by molar-refractivity contribution is 0.0948. The monoisotopic (exact) mass is 238 g/mol. The second-order valence-corrected chi connectivity index (χ2v) is 5.25. The van der Waals surface area contributed by atoms with Crippen molar-refractivity contribution in [3.8, 4) is 0 Å². The SMILES string of the molecule is Cc1ccsc1C(=O)NCC1CCNCC1. The molecule has 0 bridgehead atoms. The Kier molecular flexibility index (Phi) is 3.96. The van der Waals surface area contributed by atoms with Crippen LogP contribution in [0.15, 0.2) is 11.4 Å². The van der Waals surface area contributed by atoms with E-state index in [0.717, 1.165) is 30.1 Å². The maximum atomic E-state index is 11.9. The van der Waals surface area contributed by atoms with Gasteiger partial charge in [-0.05, 0) is 55.8 Å². The summed E-state index contributed by atoms with van der Waals surface area (Å²) >= 11 is 1.52. The van der Waals surface area contributed by atoms with E-state index in [2.05, 4.69) is 10.6 Å². The van der Waals surface area contributed by atoms with Gasteiger partial charge in [0.15, 0.2) is 0 Å². The third kappa shape index (κ3) is 2.83. The number of thiophene rings is 1. The minimum Gasteiger partial charge on any atom is -0.351 e. The fourth-order valence-corrected chi connectivity index (χ4v) is 2.85. The Labute approximate surface area is 100 Å². The number of rotatable bonds is 3. The van der Waals surface area contributed by atoms with Gasteiger partial charge in [0.05, 0.1) is 4.88 Å². The van der Waals surface area contributed by atoms with Crippen LogP contribution in [0.3, 0.4) is 0 Å². The second kappa shape index (κ2) is 5.46. The third-order valence-electron chi connectivity index (χ3n) is 3.08. The summed E-state index contributed by atoms with van der Waals surface area (Å²) in [4.78, 5) is 12.7. The highest BCUT2D eigenvalue weighted by molar-refractivity contribution is 7.12. The Bertz CT molecular complexity index is 356. The standard InChI is InChI=1S/C12H18N2OS/c1-9-4-7-16-11(9)12(15)14-8-10-2-5-13-6-3-10/h4,7,10,13H,2-3,5-6,8H2,1H3,(H,14,15). The number of amides is 1. The molecule has 0 unspecified atom stereocenters. The summed E-state index contributed by atoms with van der Waals surface area (Å²) in [5.41, 5.74) is 1.08. The van der Waals surface area contributed by atoms with Gasteiger partial charge in [-0.25, -0.2) is 0 Å². The number of carbonyl (C=O) groups excluding carboxylic acids is 1. The number of hydrogen-bond acceptors (Lipinski definition) is 3. The Balaban J connectivity index is 1.81. The van der Waals surface area contributed by atoms with Crippen molar-refractivity contribution in [3.63, 3.8) is 0 Å². The maximum absolute atomic E-state index is 11.9. The number of carbonyl (C=O) groups is 1. The predicted octanol–water partition coefficient (Wildman–Crippen LogP) is 1.79.